The number of rotatable bonds is 8. The number of pyridine rings is 4. The van der Waals surface area contributed by atoms with Crippen LogP contribution in [-0.2, 0) is 101 Å². The second kappa shape index (κ2) is 40.9. The smallest absolute Gasteiger partial charge is 0.379 e. The molecular formula is C91H96F2Ir4N4O5-4. The van der Waals surface area contributed by atoms with E-state index in [-0.39, 0.29) is 131 Å². The number of hydrogen-bond donors (Lipinski definition) is 2. The first-order valence-electron chi connectivity index (χ1n) is 34.2. The van der Waals surface area contributed by atoms with Crippen molar-refractivity contribution >= 4 is 55.0 Å². The minimum absolute atomic E-state index is 0. The summed E-state index contributed by atoms with van der Waals surface area (Å²) >= 11 is 0. The Kier molecular flexibility index (Phi) is 35.6. The number of aliphatic hydroxyl groups is 2. The van der Waals surface area contributed by atoms with Gasteiger partial charge in [0.2, 0.25) is 0 Å². The average molecular weight is 2130 g/mol. The first kappa shape index (κ1) is 92.3. The number of ketones is 2. The fourth-order valence-electron chi connectivity index (χ4n) is 9.48. The van der Waals surface area contributed by atoms with Crippen LogP contribution in [0.2, 0.25) is 0 Å². The van der Waals surface area contributed by atoms with Crippen molar-refractivity contribution in [2.45, 2.75) is 142 Å². The van der Waals surface area contributed by atoms with Crippen molar-refractivity contribution in [3.63, 3.8) is 0 Å². The van der Waals surface area contributed by atoms with Crippen LogP contribution in [0.15, 0.2) is 248 Å². The molecule has 2 N–H and O–H groups in total. The summed E-state index contributed by atoms with van der Waals surface area (Å²) in [4.78, 5) is 41.3. The van der Waals surface area contributed by atoms with Crippen LogP contribution >= 0.6 is 0 Å². The number of carbonyl (C=O) groups is 2. The van der Waals surface area contributed by atoms with E-state index in [9.17, 15) is 28.6 Å². The summed E-state index contributed by atoms with van der Waals surface area (Å²) in [5.41, 5.74) is 12.0. The van der Waals surface area contributed by atoms with Crippen molar-refractivity contribution in [3.8, 4) is 50.8 Å². The third-order valence-electron chi connectivity index (χ3n) is 16.2. The summed E-state index contributed by atoms with van der Waals surface area (Å²) < 4.78 is 28.5. The van der Waals surface area contributed by atoms with Crippen LogP contribution in [-0.4, -0.2) is 48.3 Å². The van der Waals surface area contributed by atoms with Gasteiger partial charge >= 0.3 is 6.61 Å². The Bertz CT molecular complexity index is 4630. The van der Waals surface area contributed by atoms with Gasteiger partial charge in [0.25, 0.3) is 0 Å². The molecule has 0 saturated carbocycles. The van der Waals surface area contributed by atoms with E-state index >= 15 is 0 Å². The van der Waals surface area contributed by atoms with Crippen LogP contribution in [0.25, 0.3) is 88.5 Å². The maximum absolute atomic E-state index is 12.1. The Morgan fingerprint density at radius 1 is 0.387 bits per heavy atom. The molecule has 9 nitrogen and oxygen atoms in total. The van der Waals surface area contributed by atoms with Gasteiger partial charge in [-0.3, -0.25) is 24.5 Å². The number of benzene rings is 8. The zero-order chi connectivity index (χ0) is 74.8. The summed E-state index contributed by atoms with van der Waals surface area (Å²) in [5, 5.41) is 24.7. The monoisotopic (exact) mass is 2130 g/mol. The van der Waals surface area contributed by atoms with E-state index in [1.54, 1.807) is 12.3 Å². The Labute approximate surface area is 681 Å². The number of carbonyl (C=O) groups excluding carboxylic acids is 2. The number of aliphatic hydroxyl groups excluding tert-OH is 2. The number of para-hydroxylation sites is 3. The minimum atomic E-state index is -2.83. The molecule has 0 amide bonds. The van der Waals surface area contributed by atoms with Gasteiger partial charge in [-0.2, -0.15) is 8.78 Å². The van der Waals surface area contributed by atoms with Gasteiger partial charge in [0.15, 0.2) is 11.6 Å². The second-order valence-electron chi connectivity index (χ2n) is 30.9. The Morgan fingerprint density at radius 3 is 1.08 bits per heavy atom. The van der Waals surface area contributed by atoms with Crippen molar-refractivity contribution in [1.29, 1.82) is 0 Å². The van der Waals surface area contributed by atoms with Crippen LogP contribution < -0.4 is 4.74 Å². The summed E-state index contributed by atoms with van der Waals surface area (Å²) in [5.74, 6) is 0.295. The maximum Gasteiger partial charge on any atom is 0.379 e. The van der Waals surface area contributed by atoms with Gasteiger partial charge in [-0.15, -0.1) is 137 Å². The standard InChI is InChI=1S/2C19H18N.C16H10F2NO.C15H10N.2C11H20O2.4Ir/c2*1-19(2,3)16-11-8-15(9-12-16)18-13-10-14-6-4-5-7-17(14)20-18;17-16(18)20-13-7-5-12(6-8-13)15-14-4-2-1-3-11(14)9-10-19-15;1-2-6-12(7-3-1)15-11-10-13-8-4-5-9-14(13)16-15;2*1-10(2,3)8(12)7-9(13)11(4,5)6;;;;/h2*4-8,10-13H,1-3H3;1-5,7-10,16H;1-6,8-11H;2*7,12H,1-6H3;;;;/q4*-1;;;;;;. The number of aromatic nitrogens is 4. The molecule has 564 valence electrons. The van der Waals surface area contributed by atoms with Crippen LogP contribution in [0.1, 0.15) is 136 Å². The summed E-state index contributed by atoms with van der Waals surface area (Å²) in [6.45, 7) is 32.7. The molecule has 0 saturated heterocycles. The third kappa shape index (κ3) is 28.3. The average Bonchev–Trinajstić information content (AvgIpc) is 0.813. The molecule has 0 aliphatic rings. The molecular weight excluding hydrogens is 2040 g/mol. The SMILES string of the molecule is CC(C)(C)C(=O)C=C(O)C(C)(C)C.CC(C)(C)C(=O)C=C(O)C(C)(C)C.CC(C)(C)c1c[c-]c(-c2ccc3ccccc3n2)cc1.CC(C)(C)c1c[c-]c(-c2ccc3ccccc3n2)cc1.FC(F)Oc1c[c-]c(-c2nccc3ccccc23)cc1.[Ir].[Ir].[Ir].[Ir].[c-]1ccccc1-c1ccc2ccccc2n1. The molecule has 0 spiro atoms. The molecule has 15 heteroatoms. The fourth-order valence-corrected chi connectivity index (χ4v) is 9.48. The molecule has 106 heavy (non-hydrogen) atoms. The number of nitrogens with zero attached hydrogens (tertiary/aromatic N) is 4. The summed E-state index contributed by atoms with van der Waals surface area (Å²) in [6.07, 6.45) is 4.38. The molecule has 12 rings (SSSR count). The topological polar surface area (TPSA) is 135 Å². The van der Waals surface area contributed by atoms with Gasteiger partial charge in [-0.1, -0.05) is 240 Å². The van der Waals surface area contributed by atoms with E-state index in [1.807, 2.05) is 198 Å². The van der Waals surface area contributed by atoms with Crippen LogP contribution in [0.4, 0.5) is 8.78 Å². The van der Waals surface area contributed by atoms with Gasteiger partial charge in [0, 0.05) is 126 Å². The maximum atomic E-state index is 12.1. The van der Waals surface area contributed by atoms with E-state index in [0.29, 0.717) is 0 Å². The number of allylic oxidation sites excluding steroid dienone is 4. The van der Waals surface area contributed by atoms with Crippen LogP contribution in [0.3, 0.4) is 0 Å². The minimum Gasteiger partial charge on any atom is -0.512 e. The molecule has 0 bridgehead atoms. The van der Waals surface area contributed by atoms with Gasteiger partial charge < -0.3 is 19.9 Å². The van der Waals surface area contributed by atoms with Crippen molar-refractivity contribution in [2.24, 2.45) is 21.7 Å². The quantitative estimate of drug-likeness (QED) is 0.0866. The summed E-state index contributed by atoms with van der Waals surface area (Å²) in [7, 11) is 0. The van der Waals surface area contributed by atoms with Crippen LogP contribution in [0.5, 0.6) is 5.75 Å². The number of ether oxygens (including phenoxy) is 1. The van der Waals surface area contributed by atoms with Gasteiger partial charge in [0.05, 0.1) is 16.6 Å². The third-order valence-corrected chi connectivity index (χ3v) is 16.2. The molecule has 0 atom stereocenters. The molecule has 8 aromatic carbocycles. The predicted molar refractivity (Wildman–Crippen MR) is 417 cm³/mol. The van der Waals surface area contributed by atoms with E-state index in [1.165, 1.54) is 51.6 Å². The molecule has 4 radical (unpaired) electrons. The van der Waals surface area contributed by atoms with E-state index in [2.05, 4.69) is 165 Å². The predicted octanol–water partition coefficient (Wildman–Crippen LogP) is 24.2. The van der Waals surface area contributed by atoms with Crippen LogP contribution in [0, 0.1) is 45.9 Å². The van der Waals surface area contributed by atoms with Gasteiger partial charge in [0.1, 0.15) is 11.5 Å². The molecule has 12 aromatic rings. The normalized spacial score (nSPS) is 11.6. The molecule has 0 aliphatic heterocycles. The molecule has 4 heterocycles. The molecule has 0 fully saturated rings. The van der Waals surface area contributed by atoms with Crippen molar-refractivity contribution < 1.29 is 114 Å². The number of halogens is 2. The Hall–Kier alpha value is -7.92. The molecule has 4 aromatic heterocycles. The number of alkyl halides is 2. The molecule has 0 unspecified atom stereocenters. The van der Waals surface area contributed by atoms with E-state index in [4.69, 9.17) is 9.97 Å². The van der Waals surface area contributed by atoms with E-state index in [0.717, 1.165) is 72.4 Å². The first-order chi connectivity index (χ1) is 47.8. The zero-order valence-corrected chi connectivity index (χ0v) is 73.2. The molecule has 0 aliphatic carbocycles. The first-order valence-corrected chi connectivity index (χ1v) is 34.2. The Balaban J connectivity index is 0.000000331. The van der Waals surface area contributed by atoms with Crippen molar-refractivity contribution in [1.82, 2.24) is 19.9 Å². The van der Waals surface area contributed by atoms with Gasteiger partial charge in [-0.05, 0) is 84.8 Å². The Morgan fingerprint density at radius 2 is 0.745 bits per heavy atom. The number of hydrogen-bond acceptors (Lipinski definition) is 9. The zero-order valence-electron chi connectivity index (χ0n) is 63.6. The van der Waals surface area contributed by atoms with Gasteiger partial charge in [-0.25, -0.2) is 0 Å². The van der Waals surface area contributed by atoms with Crippen molar-refractivity contribution in [2.75, 3.05) is 0 Å². The van der Waals surface area contributed by atoms with E-state index < -0.39 is 17.4 Å². The number of fused-ring (bicyclic) bond motifs is 4. The largest absolute Gasteiger partial charge is 0.512 e. The second-order valence-corrected chi connectivity index (χ2v) is 30.9. The summed E-state index contributed by atoms with van der Waals surface area (Å²) in [6, 6.07) is 84.8. The van der Waals surface area contributed by atoms with Crippen molar-refractivity contribution in [3.05, 3.63) is 284 Å². The fraction of sp³-hybridized carbons (Fsp3) is 0.275.